The zero-order valence-corrected chi connectivity index (χ0v) is 14.2. The van der Waals surface area contributed by atoms with E-state index in [1.165, 1.54) is 0 Å². The van der Waals surface area contributed by atoms with E-state index in [9.17, 15) is 8.42 Å². The summed E-state index contributed by atoms with van der Waals surface area (Å²) in [5.41, 5.74) is 7.29. The summed E-state index contributed by atoms with van der Waals surface area (Å²) in [6.07, 6.45) is 0. The second-order valence-electron chi connectivity index (χ2n) is 5.28. The Morgan fingerprint density at radius 1 is 1.00 bits per heavy atom. The van der Waals surface area contributed by atoms with Gasteiger partial charge in [-0.15, -0.1) is 12.4 Å². The number of hydrogen-bond acceptors (Lipinski definition) is 5. The minimum absolute atomic E-state index is 0. The third-order valence-corrected chi connectivity index (χ3v) is 5.66. The lowest BCUT2D eigenvalue weighted by molar-refractivity contribution is 0.588. The van der Waals surface area contributed by atoms with E-state index in [2.05, 4.69) is 10.2 Å². The number of anilines is 2. The van der Waals surface area contributed by atoms with Crippen LogP contribution in [-0.2, 0) is 9.84 Å². The van der Waals surface area contributed by atoms with Gasteiger partial charge in [-0.05, 0) is 30.3 Å². The van der Waals surface area contributed by atoms with Crippen LogP contribution in [0.4, 0.5) is 11.4 Å². The van der Waals surface area contributed by atoms with E-state index in [-0.39, 0.29) is 22.2 Å². The summed E-state index contributed by atoms with van der Waals surface area (Å²) in [6.45, 7) is 3.63. The summed E-state index contributed by atoms with van der Waals surface area (Å²) in [5, 5.41) is 3.29. The van der Waals surface area contributed by atoms with Gasteiger partial charge in [-0.1, -0.05) is 18.2 Å². The molecule has 2 aromatic rings. The predicted octanol–water partition coefficient (Wildman–Crippen LogP) is 1.93. The molecule has 1 heterocycles. The predicted molar refractivity (Wildman–Crippen MR) is 95.1 cm³/mol. The molecule has 1 aliphatic heterocycles. The van der Waals surface area contributed by atoms with Crippen molar-refractivity contribution in [2.75, 3.05) is 36.8 Å². The van der Waals surface area contributed by atoms with Crippen molar-refractivity contribution >= 4 is 33.6 Å². The molecule has 1 saturated heterocycles. The number of rotatable bonds is 3. The van der Waals surface area contributed by atoms with Gasteiger partial charge in [0.2, 0.25) is 9.84 Å². The molecule has 124 valence electrons. The SMILES string of the molecule is Cl.Nc1cc(N2CCNCC2)ccc1S(=O)(=O)c1ccccc1. The molecule has 7 heteroatoms. The molecule has 1 aliphatic rings. The minimum atomic E-state index is -3.57. The molecule has 23 heavy (non-hydrogen) atoms. The highest BCUT2D eigenvalue weighted by molar-refractivity contribution is 7.91. The van der Waals surface area contributed by atoms with Gasteiger partial charge in [0.1, 0.15) is 0 Å². The zero-order chi connectivity index (χ0) is 15.6. The highest BCUT2D eigenvalue weighted by Gasteiger charge is 2.21. The van der Waals surface area contributed by atoms with Crippen LogP contribution in [0.25, 0.3) is 0 Å². The third-order valence-electron chi connectivity index (χ3n) is 3.82. The van der Waals surface area contributed by atoms with Crippen LogP contribution in [0.15, 0.2) is 58.3 Å². The lowest BCUT2D eigenvalue weighted by Gasteiger charge is -2.29. The summed E-state index contributed by atoms with van der Waals surface area (Å²) in [4.78, 5) is 2.63. The van der Waals surface area contributed by atoms with Crippen molar-refractivity contribution in [2.24, 2.45) is 0 Å². The van der Waals surface area contributed by atoms with Gasteiger partial charge in [0.05, 0.1) is 15.5 Å². The second kappa shape index (κ2) is 7.21. The first-order valence-corrected chi connectivity index (χ1v) is 8.73. The maximum atomic E-state index is 12.6. The summed E-state index contributed by atoms with van der Waals surface area (Å²) in [6, 6.07) is 13.6. The number of benzene rings is 2. The van der Waals surface area contributed by atoms with E-state index in [0.29, 0.717) is 5.69 Å². The van der Waals surface area contributed by atoms with E-state index < -0.39 is 9.84 Å². The summed E-state index contributed by atoms with van der Waals surface area (Å²) >= 11 is 0. The van der Waals surface area contributed by atoms with Gasteiger partial charge in [0.15, 0.2) is 0 Å². The Kier molecular flexibility index (Phi) is 5.51. The number of hydrogen-bond donors (Lipinski definition) is 2. The molecule has 0 radical (unpaired) electrons. The molecule has 0 atom stereocenters. The van der Waals surface area contributed by atoms with Crippen LogP contribution in [0.3, 0.4) is 0 Å². The van der Waals surface area contributed by atoms with Crippen molar-refractivity contribution in [1.29, 1.82) is 0 Å². The van der Waals surface area contributed by atoms with Gasteiger partial charge in [-0.25, -0.2) is 8.42 Å². The molecule has 5 nitrogen and oxygen atoms in total. The first-order valence-electron chi connectivity index (χ1n) is 7.24. The van der Waals surface area contributed by atoms with Crippen molar-refractivity contribution in [3.8, 4) is 0 Å². The van der Waals surface area contributed by atoms with Crippen molar-refractivity contribution in [1.82, 2.24) is 5.32 Å². The average molecular weight is 354 g/mol. The van der Waals surface area contributed by atoms with Crippen molar-refractivity contribution in [3.63, 3.8) is 0 Å². The van der Waals surface area contributed by atoms with E-state index in [0.717, 1.165) is 31.9 Å². The van der Waals surface area contributed by atoms with Crippen molar-refractivity contribution in [3.05, 3.63) is 48.5 Å². The summed E-state index contributed by atoms with van der Waals surface area (Å²) in [7, 11) is -3.57. The van der Waals surface area contributed by atoms with E-state index in [4.69, 9.17) is 5.73 Å². The molecule has 0 spiro atoms. The quantitative estimate of drug-likeness (QED) is 0.825. The number of nitrogens with one attached hydrogen (secondary N) is 1. The topological polar surface area (TPSA) is 75.4 Å². The molecule has 0 bridgehead atoms. The normalized spacial score (nSPS) is 15.0. The molecule has 3 N–H and O–H groups in total. The van der Waals surface area contributed by atoms with E-state index in [1.807, 2.05) is 6.07 Å². The van der Waals surface area contributed by atoms with Crippen LogP contribution >= 0.6 is 12.4 Å². The summed E-state index contributed by atoms with van der Waals surface area (Å²) < 4.78 is 25.3. The standard InChI is InChI=1S/C16H19N3O2S.ClH/c17-15-12-13(19-10-8-18-9-11-19)6-7-16(15)22(20,21)14-4-2-1-3-5-14;/h1-7,12,18H,8-11,17H2;1H. The van der Waals surface area contributed by atoms with Gasteiger partial charge in [0, 0.05) is 31.9 Å². The van der Waals surface area contributed by atoms with Crippen LogP contribution < -0.4 is 16.0 Å². The van der Waals surface area contributed by atoms with E-state index in [1.54, 1.807) is 42.5 Å². The fourth-order valence-corrected chi connectivity index (χ4v) is 4.01. The van der Waals surface area contributed by atoms with Gasteiger partial charge < -0.3 is 16.0 Å². The lowest BCUT2D eigenvalue weighted by atomic mass is 10.2. The lowest BCUT2D eigenvalue weighted by Crippen LogP contribution is -2.43. The molecule has 0 amide bonds. The number of nitrogen functional groups attached to an aromatic ring is 1. The molecule has 0 unspecified atom stereocenters. The number of piperazine rings is 1. The van der Waals surface area contributed by atoms with Gasteiger partial charge in [-0.3, -0.25) is 0 Å². The minimum Gasteiger partial charge on any atom is -0.398 e. The fraction of sp³-hybridized carbons (Fsp3) is 0.250. The van der Waals surface area contributed by atoms with Crippen LogP contribution in [0, 0.1) is 0 Å². The Hall–Kier alpha value is -1.76. The van der Waals surface area contributed by atoms with Crippen LogP contribution in [0.2, 0.25) is 0 Å². The molecule has 0 saturated carbocycles. The number of sulfone groups is 1. The molecule has 3 rings (SSSR count). The molecular weight excluding hydrogens is 334 g/mol. The van der Waals surface area contributed by atoms with Gasteiger partial charge >= 0.3 is 0 Å². The number of halogens is 1. The fourth-order valence-electron chi connectivity index (χ4n) is 2.63. The van der Waals surface area contributed by atoms with Crippen LogP contribution in [-0.4, -0.2) is 34.6 Å². The highest BCUT2D eigenvalue weighted by atomic mass is 35.5. The smallest absolute Gasteiger partial charge is 0.208 e. The Morgan fingerprint density at radius 2 is 1.65 bits per heavy atom. The Balaban J connectivity index is 0.00000192. The maximum absolute atomic E-state index is 12.6. The van der Waals surface area contributed by atoms with Crippen molar-refractivity contribution < 1.29 is 8.42 Å². The first-order chi connectivity index (χ1) is 10.6. The van der Waals surface area contributed by atoms with Crippen LogP contribution in [0.5, 0.6) is 0 Å². The van der Waals surface area contributed by atoms with Crippen LogP contribution in [0.1, 0.15) is 0 Å². The first kappa shape index (κ1) is 17.6. The third kappa shape index (κ3) is 3.60. The number of nitrogens with two attached hydrogens (primary N) is 1. The van der Waals surface area contributed by atoms with Gasteiger partial charge in [-0.2, -0.15) is 0 Å². The monoisotopic (exact) mass is 353 g/mol. The van der Waals surface area contributed by atoms with Crippen molar-refractivity contribution in [2.45, 2.75) is 9.79 Å². The second-order valence-corrected chi connectivity index (χ2v) is 7.19. The highest BCUT2D eigenvalue weighted by Crippen LogP contribution is 2.29. The maximum Gasteiger partial charge on any atom is 0.208 e. The Bertz CT molecular complexity index is 760. The van der Waals surface area contributed by atoms with Gasteiger partial charge in [0.25, 0.3) is 0 Å². The molecule has 2 aromatic carbocycles. The largest absolute Gasteiger partial charge is 0.398 e. The molecule has 0 aliphatic carbocycles. The zero-order valence-electron chi connectivity index (χ0n) is 12.6. The molecule has 1 fully saturated rings. The Labute approximate surface area is 142 Å². The summed E-state index contributed by atoms with van der Waals surface area (Å²) in [5.74, 6) is 0. The Morgan fingerprint density at radius 3 is 2.26 bits per heavy atom. The average Bonchev–Trinajstić information content (AvgIpc) is 2.56. The van der Waals surface area contributed by atoms with E-state index >= 15 is 0 Å². The number of nitrogens with zero attached hydrogens (tertiary/aromatic N) is 1. The molecule has 0 aromatic heterocycles. The molecular formula is C16H20ClN3O2S.